The number of epoxide rings is 1. The summed E-state index contributed by atoms with van der Waals surface area (Å²) in [5.74, 6) is 0.468. The summed E-state index contributed by atoms with van der Waals surface area (Å²) < 4.78 is 8.27. The molecule has 2 fully saturated rings. The number of imidazole rings is 1. The third-order valence-corrected chi connectivity index (χ3v) is 5.13. The van der Waals surface area contributed by atoms with Gasteiger partial charge in [-0.25, -0.2) is 4.98 Å². The molecule has 1 radical (unpaired) electrons. The molecule has 1 N–H and O–H groups in total. The van der Waals surface area contributed by atoms with Crippen molar-refractivity contribution in [3.8, 4) is 0 Å². The molecule has 4 rings (SSSR count). The van der Waals surface area contributed by atoms with E-state index in [2.05, 4.69) is 35.5 Å². The van der Waals surface area contributed by atoms with Gasteiger partial charge in [-0.2, -0.15) is 0 Å². The van der Waals surface area contributed by atoms with Crippen LogP contribution in [0.15, 0.2) is 24.8 Å². The monoisotopic (exact) mass is 419 g/mol. The van der Waals surface area contributed by atoms with Crippen LogP contribution in [0, 0.1) is 0 Å². The molecule has 2 aromatic heterocycles. The molecule has 2 aliphatic rings. The minimum Gasteiger partial charge on any atom is -0.393 e. The summed E-state index contributed by atoms with van der Waals surface area (Å²) in [5, 5.41) is 9.74. The van der Waals surface area contributed by atoms with Gasteiger partial charge in [0.1, 0.15) is 6.10 Å². The second-order valence-corrected chi connectivity index (χ2v) is 6.82. The molecule has 0 amide bonds. The van der Waals surface area contributed by atoms with E-state index in [9.17, 15) is 5.11 Å². The van der Waals surface area contributed by atoms with E-state index in [0.29, 0.717) is 5.92 Å². The van der Waals surface area contributed by atoms with Crippen molar-refractivity contribution in [2.45, 2.75) is 63.3 Å². The molecule has 1 saturated carbocycles. The van der Waals surface area contributed by atoms with Gasteiger partial charge in [-0.3, -0.25) is 0 Å². The van der Waals surface area contributed by atoms with Gasteiger partial charge in [0, 0.05) is 80.7 Å². The van der Waals surface area contributed by atoms with Crippen molar-refractivity contribution in [2.75, 3.05) is 0 Å². The van der Waals surface area contributed by atoms with Gasteiger partial charge in [-0.15, -0.1) is 0 Å². The number of rotatable bonds is 2. The van der Waals surface area contributed by atoms with Crippen molar-refractivity contribution < 1.29 is 9.84 Å². The fraction of sp³-hybridized carbons (Fsp3) is 0.588. The van der Waals surface area contributed by atoms with E-state index in [1.54, 1.807) is 0 Å². The van der Waals surface area contributed by atoms with Crippen LogP contribution >= 0.6 is 0 Å². The number of pyridine rings is 1. The Balaban J connectivity index is 0.00000144. The molecule has 1 aliphatic heterocycles. The molecule has 0 bridgehead atoms. The molecule has 113 valence electrons. The molecule has 0 aromatic carbocycles. The first-order chi connectivity index (χ1) is 10.1. The van der Waals surface area contributed by atoms with E-state index >= 15 is 0 Å². The van der Waals surface area contributed by atoms with Crippen LogP contribution in [0.25, 0.3) is 5.52 Å². The number of aliphatic hydroxyl groups excluding tert-OH is 1. The van der Waals surface area contributed by atoms with Gasteiger partial charge in [-0.05, 0) is 43.2 Å². The Hall–Kier alpha value is 0.662. The minimum absolute atomic E-state index is 0. The molecular weight excluding hydrogens is 397 g/mol. The SMILES string of the molecule is CC(C)c1ccn2cncc2c1C1OC12CCC(O)CC2.[Cs]. The summed E-state index contributed by atoms with van der Waals surface area (Å²) in [7, 11) is 0. The molecule has 1 atom stereocenters. The van der Waals surface area contributed by atoms with Crippen molar-refractivity contribution in [2.24, 2.45) is 0 Å². The number of aromatic nitrogens is 2. The zero-order valence-corrected chi connectivity index (χ0v) is 19.9. The van der Waals surface area contributed by atoms with E-state index in [4.69, 9.17) is 4.74 Å². The third-order valence-electron chi connectivity index (χ3n) is 5.13. The number of nitrogens with zero attached hydrogens (tertiary/aromatic N) is 2. The number of hydrogen-bond donors (Lipinski definition) is 1. The van der Waals surface area contributed by atoms with E-state index < -0.39 is 0 Å². The Morgan fingerprint density at radius 1 is 1.36 bits per heavy atom. The van der Waals surface area contributed by atoms with E-state index in [1.807, 2.05) is 12.5 Å². The largest absolute Gasteiger partial charge is 0.393 e. The second kappa shape index (κ2) is 6.52. The summed E-state index contributed by atoms with van der Waals surface area (Å²) in [6.45, 7) is 4.46. The Labute approximate surface area is 190 Å². The zero-order valence-electron chi connectivity index (χ0n) is 13.6. The average molecular weight is 419 g/mol. The average Bonchev–Trinajstić information content (AvgIpc) is 2.93. The molecule has 1 spiro atoms. The van der Waals surface area contributed by atoms with Crippen molar-refractivity contribution in [1.29, 1.82) is 0 Å². The van der Waals surface area contributed by atoms with E-state index in [1.165, 1.54) is 11.1 Å². The molecule has 1 saturated heterocycles. The summed E-state index contributed by atoms with van der Waals surface area (Å²) in [6.07, 6.45) is 9.54. The third kappa shape index (κ3) is 2.88. The molecule has 2 aromatic rings. The molecule has 4 nitrogen and oxygen atoms in total. The van der Waals surface area contributed by atoms with Crippen LogP contribution in [0.2, 0.25) is 0 Å². The second-order valence-electron chi connectivity index (χ2n) is 6.82. The topological polar surface area (TPSA) is 50.1 Å². The normalized spacial score (nSPS) is 30.7. The number of aliphatic hydroxyl groups is 1. The van der Waals surface area contributed by atoms with Crippen molar-refractivity contribution in [1.82, 2.24) is 9.38 Å². The van der Waals surface area contributed by atoms with Gasteiger partial charge < -0.3 is 14.2 Å². The Bertz CT molecular complexity index is 674. The van der Waals surface area contributed by atoms with Gasteiger partial charge in [0.25, 0.3) is 0 Å². The maximum atomic E-state index is 9.74. The van der Waals surface area contributed by atoms with Gasteiger partial charge in [0.15, 0.2) is 0 Å². The van der Waals surface area contributed by atoms with Crippen molar-refractivity contribution in [3.63, 3.8) is 0 Å². The first-order valence-electron chi connectivity index (χ1n) is 7.91. The number of fused-ring (bicyclic) bond motifs is 1. The summed E-state index contributed by atoms with van der Waals surface area (Å²) >= 11 is 0. The summed E-state index contributed by atoms with van der Waals surface area (Å²) in [5.41, 5.74) is 3.79. The molecular formula is C17H22CsN2O2. The molecule has 3 heterocycles. The van der Waals surface area contributed by atoms with Gasteiger partial charge >= 0.3 is 0 Å². The maximum absolute atomic E-state index is 9.74. The quantitative estimate of drug-likeness (QED) is 0.762. The van der Waals surface area contributed by atoms with E-state index in [-0.39, 0.29) is 86.7 Å². The first kappa shape index (κ1) is 17.5. The fourth-order valence-corrected chi connectivity index (χ4v) is 3.81. The fourth-order valence-electron chi connectivity index (χ4n) is 3.81. The van der Waals surface area contributed by atoms with Crippen LogP contribution in [-0.4, -0.2) is 95.1 Å². The van der Waals surface area contributed by atoms with E-state index in [0.717, 1.165) is 31.2 Å². The predicted octanol–water partition coefficient (Wildman–Crippen LogP) is 2.82. The molecule has 1 unspecified atom stereocenters. The molecule has 1 aliphatic carbocycles. The summed E-state index contributed by atoms with van der Waals surface area (Å²) in [6, 6.07) is 2.20. The smallest absolute Gasteiger partial charge is 0.115 e. The minimum atomic E-state index is -0.143. The van der Waals surface area contributed by atoms with Gasteiger partial charge in [0.05, 0.1) is 29.7 Å². The number of hydrogen-bond acceptors (Lipinski definition) is 3. The van der Waals surface area contributed by atoms with Crippen LogP contribution < -0.4 is 0 Å². The molecule has 5 heteroatoms. The van der Waals surface area contributed by atoms with Crippen LogP contribution in [0.1, 0.15) is 62.7 Å². The number of ether oxygens (including phenoxy) is 1. The standard InChI is InChI=1S/C17H22N2O2.Cs/c1-11(2)13-5-8-19-10-18-9-14(19)15(13)16-17(21-16)6-3-12(20)4-7-17;/h5,8-12,16,20H,3-4,6-7H2,1-2H3;. The summed E-state index contributed by atoms with van der Waals surface area (Å²) in [4.78, 5) is 4.29. The van der Waals surface area contributed by atoms with Crippen LogP contribution in [0.3, 0.4) is 0 Å². The Kier molecular flexibility index (Phi) is 5.18. The maximum Gasteiger partial charge on any atom is 0.115 e. The Morgan fingerprint density at radius 3 is 2.77 bits per heavy atom. The predicted molar refractivity (Wildman–Crippen MR) is 86.1 cm³/mol. The van der Waals surface area contributed by atoms with Crippen LogP contribution in [-0.2, 0) is 4.74 Å². The Morgan fingerprint density at radius 2 is 2.09 bits per heavy atom. The molecule has 22 heavy (non-hydrogen) atoms. The van der Waals surface area contributed by atoms with Crippen LogP contribution in [0.4, 0.5) is 0 Å². The van der Waals surface area contributed by atoms with Crippen LogP contribution in [0.5, 0.6) is 0 Å². The van der Waals surface area contributed by atoms with Crippen molar-refractivity contribution in [3.05, 3.63) is 35.9 Å². The van der Waals surface area contributed by atoms with Gasteiger partial charge in [-0.1, -0.05) is 13.8 Å². The first-order valence-corrected chi connectivity index (χ1v) is 7.91. The van der Waals surface area contributed by atoms with Gasteiger partial charge in [0.2, 0.25) is 0 Å². The van der Waals surface area contributed by atoms with Crippen molar-refractivity contribution >= 4 is 74.4 Å². The zero-order chi connectivity index (χ0) is 14.6.